The summed E-state index contributed by atoms with van der Waals surface area (Å²) in [5.74, 6) is 0.754. The van der Waals surface area contributed by atoms with E-state index in [1.807, 2.05) is 13.0 Å². The van der Waals surface area contributed by atoms with E-state index in [4.69, 9.17) is 14.2 Å². The molecule has 0 aliphatic carbocycles. The molecule has 29 heavy (non-hydrogen) atoms. The van der Waals surface area contributed by atoms with Gasteiger partial charge in [0.05, 0.1) is 17.7 Å². The molecule has 3 rings (SSSR count). The van der Waals surface area contributed by atoms with Crippen LogP contribution in [-0.4, -0.2) is 25.1 Å². The normalized spacial score (nSPS) is 14.9. The van der Waals surface area contributed by atoms with E-state index in [1.54, 1.807) is 12.1 Å². The number of nitrogens with zero attached hydrogens (tertiary/aromatic N) is 1. The van der Waals surface area contributed by atoms with E-state index in [1.165, 1.54) is 24.3 Å². The van der Waals surface area contributed by atoms with Crippen molar-refractivity contribution in [1.29, 1.82) is 0 Å². The fraction of sp³-hybridized carbons (Fsp3) is 0.273. The third-order valence-corrected chi connectivity index (χ3v) is 4.50. The summed E-state index contributed by atoms with van der Waals surface area (Å²) in [6.45, 7) is 7.04. The molecule has 2 aromatic rings. The third kappa shape index (κ3) is 5.23. The first-order valence-corrected chi connectivity index (χ1v) is 10.0. The zero-order chi connectivity index (χ0) is 21.0. The van der Waals surface area contributed by atoms with E-state index < -0.39 is 5.97 Å². The molecule has 0 spiro atoms. The van der Waals surface area contributed by atoms with Gasteiger partial charge in [0.2, 0.25) is 5.90 Å². The molecule has 152 valence electrons. The van der Waals surface area contributed by atoms with Gasteiger partial charge in [-0.1, -0.05) is 13.8 Å². The lowest BCUT2D eigenvalue weighted by Crippen LogP contribution is -2.07. The maximum absolute atomic E-state index is 13.1. The van der Waals surface area contributed by atoms with Gasteiger partial charge in [-0.05, 0) is 76.8 Å². The number of ether oxygens (including phenoxy) is 3. The van der Waals surface area contributed by atoms with E-state index in [9.17, 15) is 9.18 Å². The molecular weight excluding hydrogens is 441 g/mol. The number of rotatable bonds is 7. The predicted octanol–water partition coefficient (Wildman–Crippen LogP) is 5.37. The van der Waals surface area contributed by atoms with Gasteiger partial charge >= 0.3 is 5.97 Å². The Labute approximate surface area is 177 Å². The van der Waals surface area contributed by atoms with Gasteiger partial charge in [0, 0.05) is 5.56 Å². The first-order chi connectivity index (χ1) is 13.9. The van der Waals surface area contributed by atoms with Gasteiger partial charge < -0.3 is 14.2 Å². The molecular formula is C22H21BrFNO4. The topological polar surface area (TPSA) is 57.1 Å². The molecule has 2 aromatic carbocycles. The Morgan fingerprint density at radius 1 is 1.21 bits per heavy atom. The molecule has 0 radical (unpaired) electrons. The molecule has 0 atom stereocenters. The van der Waals surface area contributed by atoms with Gasteiger partial charge in [0.15, 0.2) is 17.2 Å². The lowest BCUT2D eigenvalue weighted by molar-refractivity contribution is -0.129. The number of carbonyl (C=O) groups is 1. The SMILES string of the molecule is CCOc1cc(/C=C2\N=C(c3ccc(F)cc3)OC2=O)cc(Br)c1OCC(C)C. The number of benzene rings is 2. The second-order valence-electron chi connectivity index (χ2n) is 6.81. The van der Waals surface area contributed by atoms with Crippen molar-refractivity contribution in [3.63, 3.8) is 0 Å². The average Bonchev–Trinajstić information content (AvgIpc) is 3.02. The van der Waals surface area contributed by atoms with Crippen LogP contribution in [0.25, 0.3) is 6.08 Å². The van der Waals surface area contributed by atoms with Gasteiger partial charge in [0.1, 0.15) is 5.82 Å². The monoisotopic (exact) mass is 461 g/mol. The Balaban J connectivity index is 1.92. The van der Waals surface area contributed by atoms with Crippen LogP contribution in [0.5, 0.6) is 11.5 Å². The molecule has 7 heteroatoms. The van der Waals surface area contributed by atoms with Gasteiger partial charge in [-0.25, -0.2) is 14.2 Å². The highest BCUT2D eigenvalue weighted by Crippen LogP contribution is 2.38. The summed E-state index contributed by atoms with van der Waals surface area (Å²) >= 11 is 3.52. The largest absolute Gasteiger partial charge is 0.490 e. The smallest absolute Gasteiger partial charge is 0.363 e. The average molecular weight is 462 g/mol. The number of esters is 1. The minimum absolute atomic E-state index is 0.141. The van der Waals surface area contributed by atoms with Crippen molar-refractivity contribution in [1.82, 2.24) is 0 Å². The molecule has 0 N–H and O–H groups in total. The molecule has 0 fully saturated rings. The lowest BCUT2D eigenvalue weighted by atomic mass is 10.1. The Hall–Kier alpha value is -2.67. The first-order valence-electron chi connectivity index (χ1n) is 9.25. The summed E-state index contributed by atoms with van der Waals surface area (Å²) in [5, 5.41) is 0. The Kier molecular flexibility index (Phi) is 6.69. The fourth-order valence-electron chi connectivity index (χ4n) is 2.61. The minimum Gasteiger partial charge on any atom is -0.490 e. The van der Waals surface area contributed by atoms with Crippen LogP contribution >= 0.6 is 15.9 Å². The third-order valence-electron chi connectivity index (χ3n) is 3.91. The van der Waals surface area contributed by atoms with Crippen molar-refractivity contribution in [3.8, 4) is 11.5 Å². The second kappa shape index (κ2) is 9.22. The van der Waals surface area contributed by atoms with Crippen molar-refractivity contribution < 1.29 is 23.4 Å². The van der Waals surface area contributed by atoms with Crippen LogP contribution in [0.2, 0.25) is 0 Å². The Bertz CT molecular complexity index is 968. The van der Waals surface area contributed by atoms with Crippen LogP contribution in [0.15, 0.2) is 51.6 Å². The van der Waals surface area contributed by atoms with Crippen LogP contribution in [0.1, 0.15) is 31.9 Å². The van der Waals surface area contributed by atoms with Gasteiger partial charge in [0.25, 0.3) is 0 Å². The van der Waals surface area contributed by atoms with Gasteiger partial charge in [-0.2, -0.15) is 0 Å². The van der Waals surface area contributed by atoms with E-state index in [0.29, 0.717) is 46.2 Å². The fourth-order valence-corrected chi connectivity index (χ4v) is 3.18. The highest BCUT2D eigenvalue weighted by molar-refractivity contribution is 9.10. The molecule has 0 saturated carbocycles. The maximum atomic E-state index is 13.1. The van der Waals surface area contributed by atoms with Crippen molar-refractivity contribution >= 4 is 33.9 Å². The summed E-state index contributed by atoms with van der Waals surface area (Å²) in [5.41, 5.74) is 1.37. The van der Waals surface area contributed by atoms with E-state index in [2.05, 4.69) is 34.8 Å². The zero-order valence-electron chi connectivity index (χ0n) is 16.4. The lowest BCUT2D eigenvalue weighted by Gasteiger charge is -2.16. The Morgan fingerprint density at radius 2 is 1.93 bits per heavy atom. The first kappa shape index (κ1) is 21.0. The summed E-state index contributed by atoms with van der Waals surface area (Å²) < 4.78 is 30.6. The maximum Gasteiger partial charge on any atom is 0.363 e. The van der Waals surface area contributed by atoms with Crippen LogP contribution in [0.4, 0.5) is 4.39 Å². The number of hydrogen-bond donors (Lipinski definition) is 0. The number of cyclic esters (lactones) is 1. The van der Waals surface area contributed by atoms with Crippen LogP contribution in [0, 0.1) is 11.7 Å². The molecule has 0 unspecified atom stereocenters. The molecule has 1 heterocycles. The number of hydrogen-bond acceptors (Lipinski definition) is 5. The molecule has 0 bridgehead atoms. The number of aliphatic imine (C=N–C) groups is 1. The van der Waals surface area contributed by atoms with Crippen LogP contribution in [0.3, 0.4) is 0 Å². The highest BCUT2D eigenvalue weighted by Gasteiger charge is 2.24. The molecule has 1 aliphatic heterocycles. The van der Waals surface area contributed by atoms with Crippen molar-refractivity contribution in [2.24, 2.45) is 10.9 Å². The van der Waals surface area contributed by atoms with Gasteiger partial charge in [-0.15, -0.1) is 0 Å². The van der Waals surface area contributed by atoms with E-state index in [-0.39, 0.29) is 17.4 Å². The van der Waals surface area contributed by atoms with Crippen LogP contribution in [-0.2, 0) is 9.53 Å². The quantitative estimate of drug-likeness (QED) is 0.410. The second-order valence-corrected chi connectivity index (χ2v) is 7.67. The van der Waals surface area contributed by atoms with Crippen molar-refractivity contribution in [2.45, 2.75) is 20.8 Å². The van der Waals surface area contributed by atoms with E-state index >= 15 is 0 Å². The highest BCUT2D eigenvalue weighted by atomic mass is 79.9. The minimum atomic E-state index is -0.571. The van der Waals surface area contributed by atoms with Crippen molar-refractivity contribution in [2.75, 3.05) is 13.2 Å². The molecule has 0 aromatic heterocycles. The standard InChI is InChI=1S/C22H21BrFNO4/c1-4-27-19-11-14(9-17(23)20(19)28-12-13(2)3)10-18-22(26)29-21(25-18)15-5-7-16(24)8-6-15/h5-11,13H,4,12H2,1-3H3/b18-10-. The summed E-state index contributed by atoms with van der Waals surface area (Å²) in [6.07, 6.45) is 1.61. The van der Waals surface area contributed by atoms with Crippen molar-refractivity contribution in [3.05, 3.63) is 63.5 Å². The van der Waals surface area contributed by atoms with E-state index in [0.717, 1.165) is 0 Å². The number of carbonyl (C=O) groups excluding carboxylic acids is 1. The van der Waals surface area contributed by atoms with Crippen LogP contribution < -0.4 is 9.47 Å². The molecule has 0 saturated heterocycles. The summed E-state index contributed by atoms with van der Waals surface area (Å²) in [7, 11) is 0. The summed E-state index contributed by atoms with van der Waals surface area (Å²) in [4.78, 5) is 16.5. The molecule has 0 amide bonds. The number of halogens is 2. The summed E-state index contributed by atoms with van der Waals surface area (Å²) in [6, 6.07) is 9.20. The predicted molar refractivity (Wildman–Crippen MR) is 113 cm³/mol. The van der Waals surface area contributed by atoms with Gasteiger partial charge in [-0.3, -0.25) is 0 Å². The molecule has 1 aliphatic rings. The zero-order valence-corrected chi connectivity index (χ0v) is 18.0. The molecule has 5 nitrogen and oxygen atoms in total. The Morgan fingerprint density at radius 3 is 2.59 bits per heavy atom.